The molecule has 0 aliphatic carbocycles. The van der Waals surface area contributed by atoms with E-state index in [0.717, 1.165) is 10.5 Å². The van der Waals surface area contributed by atoms with Crippen molar-refractivity contribution in [2.75, 3.05) is 12.8 Å². The largest absolute Gasteiger partial charge is 0.352 e. The zero-order valence-electron chi connectivity index (χ0n) is 12.7. The molecule has 0 atom stereocenters. The molecule has 122 valence electrons. The molecule has 0 saturated carbocycles. The predicted molar refractivity (Wildman–Crippen MR) is 92.1 cm³/mol. The van der Waals surface area contributed by atoms with Gasteiger partial charge in [-0.05, 0) is 54.6 Å². The molecule has 0 aliphatic rings. The Labute approximate surface area is 140 Å². The van der Waals surface area contributed by atoms with Crippen LogP contribution in [0.15, 0.2) is 58.3 Å². The second-order valence-electron chi connectivity index (χ2n) is 4.92. The Hall–Kier alpha value is -1.83. The van der Waals surface area contributed by atoms with Gasteiger partial charge in [0.05, 0.1) is 4.90 Å². The van der Waals surface area contributed by atoms with Crippen molar-refractivity contribution < 1.29 is 13.2 Å². The summed E-state index contributed by atoms with van der Waals surface area (Å²) in [4.78, 5) is 13.2. The lowest BCUT2D eigenvalue weighted by atomic mass is 10.1. The van der Waals surface area contributed by atoms with Gasteiger partial charge in [-0.15, -0.1) is 11.8 Å². The average molecular weight is 350 g/mol. The topological polar surface area (TPSA) is 89.3 Å². The molecule has 3 N–H and O–H groups in total. The van der Waals surface area contributed by atoms with Gasteiger partial charge in [0.1, 0.15) is 0 Å². The van der Waals surface area contributed by atoms with E-state index >= 15 is 0 Å². The van der Waals surface area contributed by atoms with Gasteiger partial charge in [-0.2, -0.15) is 0 Å². The molecule has 5 nitrogen and oxygen atoms in total. The highest BCUT2D eigenvalue weighted by Crippen LogP contribution is 2.14. The minimum atomic E-state index is -3.67. The second-order valence-corrected chi connectivity index (χ2v) is 7.36. The lowest BCUT2D eigenvalue weighted by molar-refractivity contribution is 0.0954. The van der Waals surface area contributed by atoms with Gasteiger partial charge in [-0.25, -0.2) is 13.6 Å². The molecule has 2 aromatic rings. The lowest BCUT2D eigenvalue weighted by Crippen LogP contribution is -2.25. The van der Waals surface area contributed by atoms with Crippen LogP contribution in [0.2, 0.25) is 0 Å². The third kappa shape index (κ3) is 5.09. The number of hydrogen-bond acceptors (Lipinski definition) is 4. The fourth-order valence-electron chi connectivity index (χ4n) is 2.01. The Morgan fingerprint density at radius 3 is 2.22 bits per heavy atom. The molecule has 0 unspecified atom stereocenters. The first-order valence-electron chi connectivity index (χ1n) is 6.94. The van der Waals surface area contributed by atoms with Crippen molar-refractivity contribution in [1.29, 1.82) is 0 Å². The third-order valence-corrected chi connectivity index (χ3v) is 4.98. The van der Waals surface area contributed by atoms with Crippen LogP contribution in [-0.2, 0) is 16.4 Å². The van der Waals surface area contributed by atoms with E-state index in [1.807, 2.05) is 18.4 Å². The molecule has 0 radical (unpaired) electrons. The number of sulfonamides is 1. The van der Waals surface area contributed by atoms with Crippen LogP contribution >= 0.6 is 11.8 Å². The summed E-state index contributed by atoms with van der Waals surface area (Å²) in [5.41, 5.74) is 1.54. The van der Waals surface area contributed by atoms with Gasteiger partial charge in [0.15, 0.2) is 0 Å². The highest BCUT2D eigenvalue weighted by atomic mass is 32.2. The smallest absolute Gasteiger partial charge is 0.251 e. The van der Waals surface area contributed by atoms with Crippen molar-refractivity contribution in [3.8, 4) is 0 Å². The zero-order chi connectivity index (χ0) is 16.9. The molecule has 23 heavy (non-hydrogen) atoms. The average Bonchev–Trinajstić information content (AvgIpc) is 2.54. The monoisotopic (exact) mass is 350 g/mol. The number of amides is 1. The summed E-state index contributed by atoms with van der Waals surface area (Å²) in [6.45, 7) is 0.470. The first-order valence-corrected chi connectivity index (χ1v) is 9.71. The molecule has 2 aromatic carbocycles. The van der Waals surface area contributed by atoms with Crippen LogP contribution < -0.4 is 10.5 Å². The van der Waals surface area contributed by atoms with E-state index in [-0.39, 0.29) is 10.8 Å². The van der Waals surface area contributed by atoms with Gasteiger partial charge in [0, 0.05) is 17.0 Å². The Bertz CT molecular complexity index is 770. The summed E-state index contributed by atoms with van der Waals surface area (Å²) in [6.07, 6.45) is 2.59. The maximum absolute atomic E-state index is 12.0. The van der Waals surface area contributed by atoms with Crippen molar-refractivity contribution in [3.63, 3.8) is 0 Å². The number of primary sulfonamides is 1. The van der Waals surface area contributed by atoms with Crippen molar-refractivity contribution in [3.05, 3.63) is 59.7 Å². The predicted octanol–water partition coefficient (Wildman–Crippen LogP) is 2.03. The summed E-state index contributed by atoms with van der Waals surface area (Å²) >= 11 is 1.62. The van der Waals surface area contributed by atoms with Gasteiger partial charge >= 0.3 is 0 Å². The fraction of sp³-hybridized carbons (Fsp3) is 0.188. The summed E-state index contributed by atoms with van der Waals surface area (Å²) in [5, 5.41) is 7.89. The molecule has 0 heterocycles. The maximum Gasteiger partial charge on any atom is 0.251 e. The first-order chi connectivity index (χ1) is 10.9. The molecule has 0 fully saturated rings. The number of thioether (sulfide) groups is 1. The van der Waals surface area contributed by atoms with Crippen LogP contribution in [0.4, 0.5) is 0 Å². The Balaban J connectivity index is 1.87. The highest BCUT2D eigenvalue weighted by Gasteiger charge is 2.07. The number of carbonyl (C=O) groups excluding carboxylic acids is 1. The number of benzene rings is 2. The normalized spacial score (nSPS) is 11.2. The summed E-state index contributed by atoms with van der Waals surface area (Å²) < 4.78 is 22.3. The van der Waals surface area contributed by atoms with Crippen LogP contribution in [-0.4, -0.2) is 27.1 Å². The number of nitrogens with two attached hydrogens (primary N) is 1. The van der Waals surface area contributed by atoms with Crippen molar-refractivity contribution in [2.45, 2.75) is 16.2 Å². The molecular formula is C16H18N2O3S2. The van der Waals surface area contributed by atoms with E-state index in [9.17, 15) is 13.2 Å². The van der Waals surface area contributed by atoms with Crippen LogP contribution in [0.3, 0.4) is 0 Å². The number of hydrogen-bond donors (Lipinski definition) is 2. The van der Waals surface area contributed by atoms with Gasteiger partial charge < -0.3 is 5.32 Å². The Morgan fingerprint density at radius 2 is 1.70 bits per heavy atom. The van der Waals surface area contributed by atoms with E-state index in [1.165, 1.54) is 12.1 Å². The molecule has 0 saturated heterocycles. The fourth-order valence-corrected chi connectivity index (χ4v) is 2.93. The van der Waals surface area contributed by atoms with Crippen molar-refractivity contribution in [2.24, 2.45) is 5.14 Å². The third-order valence-electron chi connectivity index (χ3n) is 3.30. The Kier molecular flexibility index (Phi) is 5.81. The molecule has 0 spiro atoms. The first kappa shape index (κ1) is 17.5. The van der Waals surface area contributed by atoms with Gasteiger partial charge in [0.2, 0.25) is 10.0 Å². The van der Waals surface area contributed by atoms with E-state index < -0.39 is 10.0 Å². The van der Waals surface area contributed by atoms with Gasteiger partial charge in [-0.1, -0.05) is 12.1 Å². The maximum atomic E-state index is 12.0. The standard InChI is InChI=1S/C16H18N2O3S2/c1-22-14-6-4-13(5-7-14)16(19)18-11-10-12-2-8-15(9-3-12)23(17,20)21/h2-9H,10-11H2,1H3,(H,18,19)(H2,17,20,21). The van der Waals surface area contributed by atoms with Gasteiger partial charge in [-0.3, -0.25) is 4.79 Å². The van der Waals surface area contributed by atoms with Crippen molar-refractivity contribution in [1.82, 2.24) is 5.32 Å². The molecule has 0 aliphatic heterocycles. The Morgan fingerprint density at radius 1 is 1.09 bits per heavy atom. The number of rotatable bonds is 6. The van der Waals surface area contributed by atoms with E-state index in [2.05, 4.69) is 5.32 Å². The molecule has 2 rings (SSSR count). The summed E-state index contributed by atoms with van der Waals surface area (Å²) in [5.74, 6) is -0.126. The summed E-state index contributed by atoms with van der Waals surface area (Å²) in [7, 11) is -3.67. The summed E-state index contributed by atoms with van der Waals surface area (Å²) in [6, 6.07) is 13.7. The number of carbonyl (C=O) groups is 1. The molecular weight excluding hydrogens is 332 g/mol. The SMILES string of the molecule is CSc1ccc(C(=O)NCCc2ccc(S(N)(=O)=O)cc2)cc1. The van der Waals surface area contributed by atoms with Crippen LogP contribution in [0.25, 0.3) is 0 Å². The second kappa shape index (κ2) is 7.63. The highest BCUT2D eigenvalue weighted by molar-refractivity contribution is 7.98. The minimum Gasteiger partial charge on any atom is -0.352 e. The van der Waals surface area contributed by atoms with E-state index in [1.54, 1.807) is 36.0 Å². The molecule has 0 aromatic heterocycles. The number of nitrogens with one attached hydrogen (secondary N) is 1. The molecule has 1 amide bonds. The minimum absolute atomic E-state index is 0.0826. The molecule has 0 bridgehead atoms. The molecule has 7 heteroatoms. The van der Waals surface area contributed by atoms with Crippen LogP contribution in [0.1, 0.15) is 15.9 Å². The van der Waals surface area contributed by atoms with Crippen molar-refractivity contribution >= 4 is 27.7 Å². The van der Waals surface area contributed by atoms with E-state index in [4.69, 9.17) is 5.14 Å². The lowest BCUT2D eigenvalue weighted by Gasteiger charge is -2.06. The quantitative estimate of drug-likeness (QED) is 0.780. The van der Waals surface area contributed by atoms with Gasteiger partial charge in [0.25, 0.3) is 5.91 Å². The van der Waals surface area contributed by atoms with Crippen LogP contribution in [0, 0.1) is 0 Å². The van der Waals surface area contributed by atoms with Crippen LogP contribution in [0.5, 0.6) is 0 Å². The van der Waals surface area contributed by atoms with E-state index in [0.29, 0.717) is 18.5 Å². The zero-order valence-corrected chi connectivity index (χ0v) is 14.3.